The molecule has 0 fully saturated rings. The first-order chi connectivity index (χ1) is 13.2. The number of amides is 1. The first-order valence-corrected chi connectivity index (χ1v) is 10.5. The minimum Gasteiger partial charge on any atom is -0.497 e. The number of carbonyl (C=O) groups is 2. The molecule has 0 bridgehead atoms. The van der Waals surface area contributed by atoms with Gasteiger partial charge in [0, 0.05) is 12.8 Å². The summed E-state index contributed by atoms with van der Waals surface area (Å²) in [6.07, 6.45) is 0.554. The van der Waals surface area contributed by atoms with Crippen LogP contribution < -0.4 is 10.1 Å². The van der Waals surface area contributed by atoms with Crippen LogP contribution in [0.2, 0.25) is 0 Å². The number of rotatable bonds is 8. The zero-order chi connectivity index (χ0) is 20.7. The van der Waals surface area contributed by atoms with Crippen molar-refractivity contribution in [2.45, 2.75) is 24.3 Å². The molecule has 2 aromatic rings. The van der Waals surface area contributed by atoms with E-state index < -0.39 is 27.8 Å². The summed E-state index contributed by atoms with van der Waals surface area (Å²) in [5, 5.41) is 2.70. The summed E-state index contributed by atoms with van der Waals surface area (Å²) in [6, 6.07) is 13.2. The molecule has 150 valence electrons. The maximum absolute atomic E-state index is 12.3. The van der Waals surface area contributed by atoms with Crippen molar-refractivity contribution in [2.24, 2.45) is 0 Å². The molecule has 0 aromatic heterocycles. The van der Waals surface area contributed by atoms with Crippen molar-refractivity contribution in [1.82, 2.24) is 5.32 Å². The van der Waals surface area contributed by atoms with E-state index in [-0.39, 0.29) is 10.5 Å². The average molecular weight is 405 g/mol. The molecule has 7 nitrogen and oxygen atoms in total. The van der Waals surface area contributed by atoms with Crippen molar-refractivity contribution in [3.63, 3.8) is 0 Å². The minimum atomic E-state index is -3.59. The van der Waals surface area contributed by atoms with Gasteiger partial charge in [0.2, 0.25) is 0 Å². The van der Waals surface area contributed by atoms with Gasteiger partial charge in [-0.1, -0.05) is 24.3 Å². The Bertz CT molecular complexity index is 937. The molecule has 0 saturated heterocycles. The zero-order valence-electron chi connectivity index (χ0n) is 16.0. The van der Waals surface area contributed by atoms with Crippen molar-refractivity contribution in [2.75, 3.05) is 19.9 Å². The van der Waals surface area contributed by atoms with E-state index in [9.17, 15) is 18.0 Å². The van der Waals surface area contributed by atoms with Crippen LogP contribution in [-0.2, 0) is 25.8 Å². The summed E-state index contributed by atoms with van der Waals surface area (Å²) in [6.45, 7) is 1.80. The van der Waals surface area contributed by atoms with E-state index >= 15 is 0 Å². The van der Waals surface area contributed by atoms with Crippen molar-refractivity contribution in [1.29, 1.82) is 0 Å². The SMILES string of the molecule is COc1ccc(CCNC(=O)[C@H](C)OC(=O)c2ccccc2S(C)(=O)=O)cc1. The number of carbonyl (C=O) groups excluding carboxylic acids is 2. The number of methoxy groups -OCH3 is 1. The second kappa shape index (κ2) is 9.36. The molecule has 1 atom stereocenters. The van der Waals surface area contributed by atoms with E-state index in [1.807, 2.05) is 24.3 Å². The summed E-state index contributed by atoms with van der Waals surface area (Å²) in [5.41, 5.74) is 0.927. The molecule has 0 saturated carbocycles. The van der Waals surface area contributed by atoms with Gasteiger partial charge in [0.15, 0.2) is 15.9 Å². The lowest BCUT2D eigenvalue weighted by Gasteiger charge is -2.14. The van der Waals surface area contributed by atoms with Crippen LogP contribution in [0.5, 0.6) is 5.75 Å². The number of benzene rings is 2. The van der Waals surface area contributed by atoms with Gasteiger partial charge in [0.05, 0.1) is 17.6 Å². The van der Waals surface area contributed by atoms with Crippen LogP contribution in [0.25, 0.3) is 0 Å². The maximum Gasteiger partial charge on any atom is 0.340 e. The first-order valence-electron chi connectivity index (χ1n) is 8.63. The Balaban J connectivity index is 1.90. The van der Waals surface area contributed by atoms with Crippen LogP contribution in [0.3, 0.4) is 0 Å². The fourth-order valence-electron chi connectivity index (χ4n) is 2.50. The molecule has 1 N–H and O–H groups in total. The third-order valence-corrected chi connectivity index (χ3v) is 5.19. The lowest BCUT2D eigenvalue weighted by atomic mass is 10.1. The predicted molar refractivity (Wildman–Crippen MR) is 104 cm³/mol. The molecule has 0 radical (unpaired) electrons. The number of hydrogen-bond donors (Lipinski definition) is 1. The summed E-state index contributed by atoms with van der Waals surface area (Å²) >= 11 is 0. The van der Waals surface area contributed by atoms with E-state index in [4.69, 9.17) is 9.47 Å². The molecule has 0 unspecified atom stereocenters. The molecule has 2 aromatic carbocycles. The molecular formula is C20H23NO6S. The Kier molecular flexibility index (Phi) is 7.17. The van der Waals surface area contributed by atoms with Crippen molar-refractivity contribution >= 4 is 21.7 Å². The van der Waals surface area contributed by atoms with E-state index in [0.717, 1.165) is 17.6 Å². The second-order valence-electron chi connectivity index (χ2n) is 6.20. The lowest BCUT2D eigenvalue weighted by Crippen LogP contribution is -2.37. The fraction of sp³-hybridized carbons (Fsp3) is 0.300. The summed E-state index contributed by atoms with van der Waals surface area (Å²) in [4.78, 5) is 24.3. The van der Waals surface area contributed by atoms with Crippen LogP contribution in [0.15, 0.2) is 53.4 Å². The van der Waals surface area contributed by atoms with Gasteiger partial charge in [0.1, 0.15) is 5.75 Å². The van der Waals surface area contributed by atoms with Crippen LogP contribution in [0.4, 0.5) is 0 Å². The first kappa shape index (κ1) is 21.4. The normalized spacial score (nSPS) is 12.1. The van der Waals surface area contributed by atoms with Gasteiger partial charge in [-0.05, 0) is 43.2 Å². The van der Waals surface area contributed by atoms with Gasteiger partial charge in [0.25, 0.3) is 5.91 Å². The number of nitrogens with one attached hydrogen (secondary N) is 1. The standard InChI is InChI=1S/C20H23NO6S/c1-14(19(22)21-13-12-15-8-10-16(26-2)11-9-15)27-20(23)17-6-4-5-7-18(17)28(3,24)25/h4-11,14H,12-13H2,1-3H3,(H,21,22)/t14-/m0/s1. The maximum atomic E-state index is 12.3. The Morgan fingerprint density at radius 3 is 2.32 bits per heavy atom. The second-order valence-corrected chi connectivity index (χ2v) is 8.19. The van der Waals surface area contributed by atoms with Gasteiger partial charge in [-0.25, -0.2) is 13.2 Å². The molecular weight excluding hydrogens is 382 g/mol. The average Bonchev–Trinajstić information content (AvgIpc) is 2.67. The van der Waals surface area contributed by atoms with Crippen molar-refractivity contribution in [3.8, 4) is 5.75 Å². The molecule has 0 aliphatic heterocycles. The Hall–Kier alpha value is -2.87. The van der Waals surface area contributed by atoms with E-state index in [1.165, 1.54) is 31.2 Å². The van der Waals surface area contributed by atoms with Gasteiger partial charge in [-0.3, -0.25) is 4.79 Å². The topological polar surface area (TPSA) is 98.8 Å². The van der Waals surface area contributed by atoms with Crippen molar-refractivity contribution < 1.29 is 27.5 Å². The molecule has 2 rings (SSSR count). The highest BCUT2D eigenvalue weighted by atomic mass is 32.2. The highest BCUT2D eigenvalue weighted by Crippen LogP contribution is 2.17. The molecule has 1 amide bonds. The molecule has 0 aliphatic rings. The van der Waals surface area contributed by atoms with Gasteiger partial charge in [-0.15, -0.1) is 0 Å². The van der Waals surface area contributed by atoms with Crippen LogP contribution in [0.1, 0.15) is 22.8 Å². The third kappa shape index (κ3) is 5.82. The third-order valence-electron chi connectivity index (χ3n) is 4.03. The predicted octanol–water partition coefficient (Wildman–Crippen LogP) is 2.00. The lowest BCUT2D eigenvalue weighted by molar-refractivity contribution is -0.129. The fourth-order valence-corrected chi connectivity index (χ4v) is 3.38. The highest BCUT2D eigenvalue weighted by Gasteiger charge is 2.23. The van der Waals surface area contributed by atoms with E-state index in [2.05, 4.69) is 5.32 Å². The van der Waals surface area contributed by atoms with Crippen LogP contribution in [-0.4, -0.2) is 46.3 Å². The monoisotopic (exact) mass is 405 g/mol. The molecule has 0 spiro atoms. The minimum absolute atomic E-state index is 0.0946. The number of hydrogen-bond acceptors (Lipinski definition) is 6. The Morgan fingerprint density at radius 1 is 1.07 bits per heavy atom. The van der Waals surface area contributed by atoms with Crippen molar-refractivity contribution in [3.05, 3.63) is 59.7 Å². The number of sulfone groups is 1. The molecule has 8 heteroatoms. The molecule has 0 aliphatic carbocycles. The Morgan fingerprint density at radius 2 is 1.71 bits per heavy atom. The number of esters is 1. The molecule has 0 heterocycles. The summed E-state index contributed by atoms with van der Waals surface area (Å²) in [7, 11) is -2.01. The van der Waals surface area contributed by atoms with Gasteiger partial charge >= 0.3 is 5.97 Å². The van der Waals surface area contributed by atoms with E-state index in [1.54, 1.807) is 7.11 Å². The largest absolute Gasteiger partial charge is 0.497 e. The molecule has 28 heavy (non-hydrogen) atoms. The zero-order valence-corrected chi connectivity index (χ0v) is 16.8. The summed E-state index contributed by atoms with van der Waals surface area (Å²) in [5.74, 6) is -0.569. The van der Waals surface area contributed by atoms with Crippen LogP contribution in [0, 0.1) is 0 Å². The Labute approximate surface area is 164 Å². The number of ether oxygens (including phenoxy) is 2. The smallest absolute Gasteiger partial charge is 0.340 e. The quantitative estimate of drug-likeness (QED) is 0.675. The van der Waals surface area contributed by atoms with Gasteiger partial charge < -0.3 is 14.8 Å². The summed E-state index contributed by atoms with van der Waals surface area (Å²) < 4.78 is 33.8. The van der Waals surface area contributed by atoms with E-state index in [0.29, 0.717) is 13.0 Å². The van der Waals surface area contributed by atoms with Crippen LogP contribution >= 0.6 is 0 Å². The highest BCUT2D eigenvalue weighted by molar-refractivity contribution is 7.90. The van der Waals surface area contributed by atoms with Gasteiger partial charge in [-0.2, -0.15) is 0 Å².